The lowest BCUT2D eigenvalue weighted by Crippen LogP contribution is -2.51. The molecule has 6 nitrogen and oxygen atoms in total. The molecule has 26 heavy (non-hydrogen) atoms. The van der Waals surface area contributed by atoms with Crippen LogP contribution in [0.5, 0.6) is 0 Å². The van der Waals surface area contributed by atoms with E-state index in [1.165, 1.54) is 0 Å². The van der Waals surface area contributed by atoms with Gasteiger partial charge in [0.15, 0.2) is 5.82 Å². The summed E-state index contributed by atoms with van der Waals surface area (Å²) >= 11 is 6.56. The second-order valence-electron chi connectivity index (χ2n) is 8.05. The topological polar surface area (TPSA) is 64.3 Å². The molecule has 1 aliphatic heterocycles. The number of amides is 1. The van der Waals surface area contributed by atoms with Gasteiger partial charge in [0, 0.05) is 31.2 Å². The van der Waals surface area contributed by atoms with Gasteiger partial charge < -0.3 is 15.2 Å². The highest BCUT2D eigenvalue weighted by Gasteiger charge is 2.25. The Morgan fingerprint density at radius 3 is 2.73 bits per heavy atom. The van der Waals surface area contributed by atoms with Crippen LogP contribution in [-0.2, 0) is 0 Å². The molecule has 1 aromatic heterocycles. The maximum Gasteiger partial charge on any atom is 0.287 e. The molecule has 1 amide bonds. The van der Waals surface area contributed by atoms with Crippen molar-refractivity contribution >= 4 is 34.2 Å². The second-order valence-corrected chi connectivity index (χ2v) is 8.45. The Kier molecular flexibility index (Phi) is 5.17. The molecule has 2 N–H and O–H groups in total. The van der Waals surface area contributed by atoms with Gasteiger partial charge in [0.1, 0.15) is 0 Å². The highest BCUT2D eigenvalue weighted by Crippen LogP contribution is 2.32. The largest absolute Gasteiger partial charge is 0.365 e. The number of halogens is 1. The van der Waals surface area contributed by atoms with E-state index in [4.69, 9.17) is 11.6 Å². The molecule has 0 radical (unpaired) electrons. The van der Waals surface area contributed by atoms with Crippen molar-refractivity contribution in [2.45, 2.75) is 46.2 Å². The van der Waals surface area contributed by atoms with Crippen LogP contribution in [0.2, 0.25) is 5.02 Å². The monoisotopic (exact) mass is 377 g/mol. The van der Waals surface area contributed by atoms with Crippen molar-refractivity contribution in [3.05, 3.63) is 23.0 Å². The molecule has 7 heteroatoms. The SMILES string of the molecule is CCN1CCN(c2cc3nc(C(=O)NC(C)(C)C)[nH]c3cc2Cl)C(C)C1. The first-order valence-electron chi connectivity index (χ1n) is 9.18. The van der Waals surface area contributed by atoms with Crippen molar-refractivity contribution in [2.75, 3.05) is 31.1 Å². The Labute approximate surface area is 159 Å². The predicted molar refractivity (Wildman–Crippen MR) is 107 cm³/mol. The van der Waals surface area contributed by atoms with Crippen LogP contribution in [-0.4, -0.2) is 58.5 Å². The van der Waals surface area contributed by atoms with Crippen LogP contribution in [0.15, 0.2) is 12.1 Å². The van der Waals surface area contributed by atoms with Crippen LogP contribution in [0.4, 0.5) is 5.69 Å². The second kappa shape index (κ2) is 7.08. The average Bonchev–Trinajstić information content (AvgIpc) is 2.95. The Hall–Kier alpha value is -1.79. The molecule has 0 aliphatic carbocycles. The van der Waals surface area contributed by atoms with Gasteiger partial charge in [-0.25, -0.2) is 4.98 Å². The van der Waals surface area contributed by atoms with Gasteiger partial charge >= 0.3 is 0 Å². The number of rotatable bonds is 3. The molecular formula is C19H28ClN5O. The van der Waals surface area contributed by atoms with Gasteiger partial charge in [0.05, 0.1) is 21.7 Å². The lowest BCUT2D eigenvalue weighted by atomic mass is 10.1. The normalized spacial score (nSPS) is 19.2. The number of carbonyl (C=O) groups excluding carboxylic acids is 1. The molecule has 0 saturated carbocycles. The van der Waals surface area contributed by atoms with Gasteiger partial charge in [-0.3, -0.25) is 9.69 Å². The quantitative estimate of drug-likeness (QED) is 0.861. The number of imidazole rings is 1. The smallest absolute Gasteiger partial charge is 0.287 e. The summed E-state index contributed by atoms with van der Waals surface area (Å²) in [6, 6.07) is 4.23. The number of carbonyl (C=O) groups is 1. The van der Waals surface area contributed by atoms with Crippen molar-refractivity contribution in [2.24, 2.45) is 0 Å². The summed E-state index contributed by atoms with van der Waals surface area (Å²) < 4.78 is 0. The molecule has 1 atom stereocenters. The Morgan fingerprint density at radius 2 is 2.12 bits per heavy atom. The maximum atomic E-state index is 12.4. The van der Waals surface area contributed by atoms with Gasteiger partial charge in [-0.2, -0.15) is 0 Å². The third-order valence-electron chi connectivity index (χ3n) is 4.72. The minimum absolute atomic E-state index is 0.212. The lowest BCUT2D eigenvalue weighted by molar-refractivity contribution is 0.0910. The maximum absolute atomic E-state index is 12.4. The van der Waals surface area contributed by atoms with Crippen molar-refractivity contribution < 1.29 is 4.79 Å². The first-order chi connectivity index (χ1) is 12.2. The number of fused-ring (bicyclic) bond motifs is 1. The summed E-state index contributed by atoms with van der Waals surface area (Å²) in [6.07, 6.45) is 0. The number of benzene rings is 1. The van der Waals surface area contributed by atoms with Crippen LogP contribution >= 0.6 is 11.6 Å². The van der Waals surface area contributed by atoms with Gasteiger partial charge in [-0.1, -0.05) is 18.5 Å². The third kappa shape index (κ3) is 3.96. The molecule has 142 valence electrons. The summed E-state index contributed by atoms with van der Waals surface area (Å²) in [7, 11) is 0. The summed E-state index contributed by atoms with van der Waals surface area (Å²) in [5.74, 6) is 0.100. The number of H-pyrrole nitrogens is 1. The minimum Gasteiger partial charge on any atom is -0.365 e. The van der Waals surface area contributed by atoms with E-state index in [2.05, 4.69) is 38.9 Å². The van der Waals surface area contributed by atoms with Crippen molar-refractivity contribution in [1.82, 2.24) is 20.2 Å². The van der Waals surface area contributed by atoms with Gasteiger partial charge in [-0.15, -0.1) is 0 Å². The number of hydrogen-bond acceptors (Lipinski definition) is 4. The van der Waals surface area contributed by atoms with E-state index in [-0.39, 0.29) is 11.4 Å². The molecule has 1 aliphatic rings. The zero-order valence-corrected chi connectivity index (χ0v) is 16.9. The molecule has 1 fully saturated rings. The minimum atomic E-state index is -0.312. The van der Waals surface area contributed by atoms with Crippen LogP contribution in [0.25, 0.3) is 11.0 Å². The van der Waals surface area contributed by atoms with Gasteiger partial charge in [0.25, 0.3) is 5.91 Å². The Balaban J connectivity index is 1.89. The number of anilines is 1. The number of likely N-dealkylation sites (N-methyl/N-ethyl adjacent to an activating group) is 1. The molecule has 1 saturated heterocycles. The van der Waals surface area contributed by atoms with E-state index in [0.717, 1.165) is 42.9 Å². The molecule has 3 rings (SSSR count). The van der Waals surface area contributed by atoms with Gasteiger partial charge in [0.2, 0.25) is 0 Å². The highest BCUT2D eigenvalue weighted by atomic mass is 35.5. The summed E-state index contributed by atoms with van der Waals surface area (Å²) in [4.78, 5) is 24.7. The van der Waals surface area contributed by atoms with E-state index in [1.807, 2.05) is 32.9 Å². The highest BCUT2D eigenvalue weighted by molar-refractivity contribution is 6.34. The summed E-state index contributed by atoms with van der Waals surface area (Å²) in [6.45, 7) is 14.3. The molecule has 0 bridgehead atoms. The van der Waals surface area contributed by atoms with Crippen molar-refractivity contribution in [1.29, 1.82) is 0 Å². The number of nitrogens with one attached hydrogen (secondary N) is 2. The predicted octanol–water partition coefficient (Wildman–Crippen LogP) is 3.28. The van der Waals surface area contributed by atoms with Crippen LogP contribution in [0, 0.1) is 0 Å². The fraction of sp³-hybridized carbons (Fsp3) is 0.579. The molecule has 2 heterocycles. The number of piperazine rings is 1. The van der Waals surface area contributed by atoms with E-state index in [1.54, 1.807) is 0 Å². The Bertz CT molecular complexity index is 810. The molecule has 2 aromatic rings. The zero-order chi connectivity index (χ0) is 19.1. The van der Waals surface area contributed by atoms with Crippen molar-refractivity contribution in [3.63, 3.8) is 0 Å². The average molecular weight is 378 g/mol. The molecule has 0 spiro atoms. The lowest BCUT2D eigenvalue weighted by Gasteiger charge is -2.41. The fourth-order valence-corrected chi connectivity index (χ4v) is 3.70. The molecule has 1 unspecified atom stereocenters. The summed E-state index contributed by atoms with van der Waals surface area (Å²) in [5.41, 5.74) is 2.20. The van der Waals surface area contributed by atoms with Crippen LogP contribution in [0.1, 0.15) is 45.2 Å². The first kappa shape index (κ1) is 19.0. The number of hydrogen-bond donors (Lipinski definition) is 2. The Morgan fingerprint density at radius 1 is 1.38 bits per heavy atom. The van der Waals surface area contributed by atoms with Gasteiger partial charge in [-0.05, 0) is 46.4 Å². The molecule has 1 aromatic carbocycles. The van der Waals surface area contributed by atoms with E-state index < -0.39 is 0 Å². The standard InChI is InChI=1S/C19H28ClN5O/c1-6-24-7-8-25(12(2)11-24)16-10-15-14(9-13(16)20)21-17(22-15)18(26)23-19(3,4)5/h9-10,12H,6-8,11H2,1-5H3,(H,21,22)(H,23,26). The number of nitrogens with zero attached hydrogens (tertiary/aromatic N) is 3. The van der Waals surface area contributed by atoms with E-state index >= 15 is 0 Å². The van der Waals surface area contributed by atoms with Crippen LogP contribution < -0.4 is 10.2 Å². The zero-order valence-electron chi connectivity index (χ0n) is 16.2. The fourth-order valence-electron chi connectivity index (χ4n) is 3.42. The number of aromatic nitrogens is 2. The summed E-state index contributed by atoms with van der Waals surface area (Å²) in [5, 5.41) is 3.61. The third-order valence-corrected chi connectivity index (χ3v) is 5.03. The van der Waals surface area contributed by atoms with Crippen molar-refractivity contribution in [3.8, 4) is 0 Å². The van der Waals surface area contributed by atoms with Crippen LogP contribution in [0.3, 0.4) is 0 Å². The molecular weight excluding hydrogens is 350 g/mol. The van der Waals surface area contributed by atoms with E-state index in [9.17, 15) is 4.79 Å². The van der Waals surface area contributed by atoms with E-state index in [0.29, 0.717) is 16.9 Å². The number of aromatic amines is 1. The first-order valence-corrected chi connectivity index (χ1v) is 9.56.